The molecule has 0 saturated carbocycles. The first kappa shape index (κ1) is 12.8. The molecule has 0 aliphatic rings. The molecule has 0 bridgehead atoms. The summed E-state index contributed by atoms with van der Waals surface area (Å²) in [6, 6.07) is 0. The number of hydrogen-bond donors (Lipinski definition) is 3. The summed E-state index contributed by atoms with van der Waals surface area (Å²) < 4.78 is 0. The minimum Gasteiger partial charge on any atom is -0.303 e. The van der Waals surface area contributed by atoms with Crippen LogP contribution in [0.2, 0.25) is 0 Å². The Morgan fingerprint density at radius 2 is 1.69 bits per heavy atom. The van der Waals surface area contributed by atoms with Crippen molar-refractivity contribution in [3.63, 3.8) is 0 Å². The van der Waals surface area contributed by atoms with Crippen LogP contribution in [-0.2, 0) is 0 Å². The van der Waals surface area contributed by atoms with Gasteiger partial charge in [-0.2, -0.15) is 0 Å². The Hall–Kier alpha value is -0.200. The molecule has 0 aliphatic heterocycles. The fourth-order valence-electron chi connectivity index (χ4n) is 0.943. The zero-order valence-corrected chi connectivity index (χ0v) is 9.12. The second kappa shape index (κ2) is 6.28. The molecule has 0 aromatic rings. The summed E-state index contributed by atoms with van der Waals surface area (Å²) in [5.41, 5.74) is 11.6. The molecule has 80 valence electrons. The first-order valence-corrected chi connectivity index (χ1v) is 4.63. The monoisotopic (exact) mass is 189 g/mol. The quantitative estimate of drug-likeness (QED) is 0.466. The van der Waals surface area contributed by atoms with Gasteiger partial charge in [-0.25, -0.2) is 0 Å². The van der Waals surface area contributed by atoms with E-state index in [0.717, 1.165) is 13.0 Å². The lowest BCUT2D eigenvalue weighted by atomic mass is 10.4. The van der Waals surface area contributed by atoms with Crippen molar-refractivity contribution in [1.29, 1.82) is 0 Å². The Bertz CT molecular complexity index is 128. The highest BCUT2D eigenvalue weighted by atomic mass is 15.4. The van der Waals surface area contributed by atoms with Gasteiger partial charge in [-0.1, -0.05) is 6.92 Å². The lowest BCUT2D eigenvalue weighted by molar-refractivity contribution is 0.142. The smallest absolute Gasteiger partial charge is 0.113 e. The van der Waals surface area contributed by atoms with Gasteiger partial charge in [0.2, 0.25) is 0 Å². The van der Waals surface area contributed by atoms with Gasteiger partial charge < -0.3 is 11.5 Å². The highest BCUT2D eigenvalue weighted by Crippen LogP contribution is 1.89. The summed E-state index contributed by atoms with van der Waals surface area (Å²) in [4.78, 5) is 3.91. The first-order chi connectivity index (χ1) is 5.99. The van der Waals surface area contributed by atoms with Crippen LogP contribution in [0.4, 0.5) is 0 Å². The third kappa shape index (κ3) is 5.17. The van der Waals surface area contributed by atoms with Crippen LogP contribution >= 0.6 is 0 Å². The molecule has 5 nitrogen and oxygen atoms in total. The van der Waals surface area contributed by atoms with Gasteiger partial charge in [0.1, 0.15) is 12.6 Å². The van der Waals surface area contributed by atoms with E-state index in [0.29, 0.717) is 0 Å². The molecule has 2 unspecified atom stereocenters. The largest absolute Gasteiger partial charge is 0.303 e. The molecule has 0 aliphatic carbocycles. The number of nitrogens with two attached hydrogens (primary N) is 2. The molecule has 0 rings (SSSR count). The van der Waals surface area contributed by atoms with Gasteiger partial charge in [0.15, 0.2) is 0 Å². The average molecular weight is 189 g/mol. The summed E-state index contributed by atoms with van der Waals surface area (Å²) in [5.74, 6) is 0. The molecule has 0 fully saturated rings. The molecular weight excluding hydrogens is 166 g/mol. The van der Waals surface area contributed by atoms with Gasteiger partial charge in [0, 0.05) is 6.54 Å². The van der Waals surface area contributed by atoms with Crippen molar-refractivity contribution in [1.82, 2.24) is 15.1 Å². The minimum absolute atomic E-state index is 0.183. The molecule has 0 saturated heterocycles. The normalized spacial score (nSPS) is 16.6. The highest BCUT2D eigenvalue weighted by molar-refractivity contribution is 4.62. The van der Waals surface area contributed by atoms with Crippen molar-refractivity contribution in [3.8, 4) is 0 Å². The molecule has 5 N–H and O–H groups in total. The second-order valence-corrected chi connectivity index (χ2v) is 3.50. The molecular formula is C8H23N5. The second-order valence-electron chi connectivity index (χ2n) is 3.50. The zero-order valence-electron chi connectivity index (χ0n) is 9.12. The van der Waals surface area contributed by atoms with Crippen LogP contribution in [0.15, 0.2) is 0 Å². The summed E-state index contributed by atoms with van der Waals surface area (Å²) in [7, 11) is 5.79. The molecule has 0 amide bonds. The molecule has 0 aromatic carbocycles. The van der Waals surface area contributed by atoms with Crippen LogP contribution in [0.1, 0.15) is 13.3 Å². The fourth-order valence-corrected chi connectivity index (χ4v) is 0.943. The van der Waals surface area contributed by atoms with Crippen LogP contribution in [0.25, 0.3) is 0 Å². The van der Waals surface area contributed by atoms with Crippen molar-refractivity contribution in [3.05, 3.63) is 0 Å². The van der Waals surface area contributed by atoms with Gasteiger partial charge in [0.25, 0.3) is 0 Å². The molecule has 0 radical (unpaired) electrons. The van der Waals surface area contributed by atoms with Crippen LogP contribution in [0.5, 0.6) is 0 Å². The lowest BCUT2D eigenvalue weighted by Crippen LogP contribution is -2.60. The average Bonchev–Trinajstić information content (AvgIpc) is 2.04. The standard InChI is InChI=1S/C8H23N5/c1-5-6-13(4)8(10)11-7(9)12(2)3/h7-8,11H,5-6,9-10H2,1-4H3. The SMILES string of the molecule is CCCN(C)C(N)NC(N)N(C)C. The van der Waals surface area contributed by atoms with Crippen molar-refractivity contribution in [2.75, 3.05) is 27.7 Å². The topological polar surface area (TPSA) is 70.5 Å². The molecule has 5 heteroatoms. The third-order valence-corrected chi connectivity index (χ3v) is 1.95. The Kier molecular flexibility index (Phi) is 6.19. The molecule has 0 aromatic heterocycles. The van der Waals surface area contributed by atoms with E-state index in [9.17, 15) is 0 Å². The lowest BCUT2D eigenvalue weighted by Gasteiger charge is -2.30. The van der Waals surface area contributed by atoms with E-state index in [1.165, 1.54) is 0 Å². The van der Waals surface area contributed by atoms with E-state index < -0.39 is 0 Å². The van der Waals surface area contributed by atoms with Gasteiger partial charge in [-0.05, 0) is 27.6 Å². The Labute approximate surface area is 81.0 Å². The van der Waals surface area contributed by atoms with E-state index in [4.69, 9.17) is 11.5 Å². The Morgan fingerprint density at radius 3 is 2.08 bits per heavy atom. The van der Waals surface area contributed by atoms with Crippen LogP contribution < -0.4 is 16.8 Å². The predicted molar refractivity (Wildman–Crippen MR) is 55.7 cm³/mol. The molecule has 13 heavy (non-hydrogen) atoms. The third-order valence-electron chi connectivity index (χ3n) is 1.95. The predicted octanol–water partition coefficient (Wildman–Crippen LogP) is -1.04. The number of hydrogen-bond acceptors (Lipinski definition) is 5. The minimum atomic E-state index is -0.200. The number of rotatable bonds is 6. The van der Waals surface area contributed by atoms with E-state index in [2.05, 4.69) is 12.2 Å². The Balaban J connectivity index is 3.77. The van der Waals surface area contributed by atoms with Crippen molar-refractivity contribution in [2.45, 2.75) is 25.9 Å². The Morgan fingerprint density at radius 1 is 1.15 bits per heavy atom. The fraction of sp³-hybridized carbons (Fsp3) is 1.00. The molecule has 2 atom stereocenters. The van der Waals surface area contributed by atoms with Gasteiger partial charge in [-0.3, -0.25) is 15.1 Å². The maximum Gasteiger partial charge on any atom is 0.113 e. The summed E-state index contributed by atoms with van der Waals surface area (Å²) >= 11 is 0. The van der Waals surface area contributed by atoms with Crippen LogP contribution in [0, 0.1) is 0 Å². The summed E-state index contributed by atoms with van der Waals surface area (Å²) in [6.45, 7) is 3.09. The molecule has 0 spiro atoms. The van der Waals surface area contributed by atoms with Gasteiger partial charge in [0.05, 0.1) is 0 Å². The summed E-state index contributed by atoms with van der Waals surface area (Å²) in [6.07, 6.45) is 0.704. The van der Waals surface area contributed by atoms with E-state index >= 15 is 0 Å². The van der Waals surface area contributed by atoms with Crippen LogP contribution in [0.3, 0.4) is 0 Å². The van der Waals surface area contributed by atoms with Gasteiger partial charge >= 0.3 is 0 Å². The van der Waals surface area contributed by atoms with Crippen molar-refractivity contribution in [2.24, 2.45) is 11.5 Å². The number of nitrogens with zero attached hydrogens (tertiary/aromatic N) is 2. The van der Waals surface area contributed by atoms with Crippen molar-refractivity contribution >= 4 is 0 Å². The van der Waals surface area contributed by atoms with Gasteiger partial charge in [-0.15, -0.1) is 0 Å². The van der Waals surface area contributed by atoms with E-state index in [-0.39, 0.29) is 12.6 Å². The van der Waals surface area contributed by atoms with Crippen molar-refractivity contribution < 1.29 is 0 Å². The zero-order chi connectivity index (χ0) is 10.4. The maximum absolute atomic E-state index is 5.85. The highest BCUT2D eigenvalue weighted by Gasteiger charge is 2.12. The summed E-state index contributed by atoms with van der Waals surface area (Å²) in [5, 5.41) is 3.07. The maximum atomic E-state index is 5.85. The molecule has 0 heterocycles. The number of nitrogens with one attached hydrogen (secondary N) is 1. The van der Waals surface area contributed by atoms with E-state index in [1.54, 1.807) is 0 Å². The van der Waals surface area contributed by atoms with E-state index in [1.807, 2.05) is 30.9 Å². The van der Waals surface area contributed by atoms with Crippen LogP contribution in [-0.4, -0.2) is 50.1 Å². The first-order valence-electron chi connectivity index (χ1n) is 4.63.